The minimum atomic E-state index is -0.346. The van der Waals surface area contributed by atoms with Crippen LogP contribution < -0.4 is 11.1 Å². The number of thiazole rings is 1. The molecule has 3 N–H and O–H groups in total. The van der Waals surface area contributed by atoms with Crippen LogP contribution in [0.15, 0.2) is 0 Å². The van der Waals surface area contributed by atoms with Crippen LogP contribution in [0.4, 0.5) is 0 Å². The molecule has 1 rings (SSSR count). The van der Waals surface area contributed by atoms with Crippen molar-refractivity contribution >= 4 is 17.2 Å². The van der Waals surface area contributed by atoms with E-state index in [2.05, 4.69) is 10.3 Å². The van der Waals surface area contributed by atoms with Crippen LogP contribution >= 0.6 is 11.3 Å². The number of carbonyl (C=O) groups is 1. The number of nitrogens with two attached hydrogens (primary N) is 1. The predicted octanol–water partition coefficient (Wildman–Crippen LogP) is 0.896. The Morgan fingerprint density at radius 1 is 1.64 bits per heavy atom. The van der Waals surface area contributed by atoms with Crippen molar-refractivity contribution < 1.29 is 4.79 Å². The Balaban J connectivity index is 2.64. The zero-order chi connectivity index (χ0) is 10.7. The largest absolute Gasteiger partial charge is 0.369 e. The Hall–Kier alpha value is -0.940. The molecule has 14 heavy (non-hydrogen) atoms. The molecule has 0 aliphatic carbocycles. The van der Waals surface area contributed by atoms with E-state index in [1.807, 2.05) is 20.8 Å². The fraction of sp³-hybridized carbons (Fsp3) is 0.556. The van der Waals surface area contributed by atoms with Gasteiger partial charge in [0.2, 0.25) is 5.91 Å². The smallest absolute Gasteiger partial charge is 0.231 e. The standard InChI is InChI=1S/C9H15N3OS/c1-5(11-4-8(10)13)9-6(2)14-7(3)12-9/h5,11H,4H2,1-3H3,(H2,10,13). The maximum atomic E-state index is 10.6. The minimum Gasteiger partial charge on any atom is -0.369 e. The summed E-state index contributed by atoms with van der Waals surface area (Å²) in [6.07, 6.45) is 0. The van der Waals surface area contributed by atoms with Crippen molar-refractivity contribution in [3.05, 3.63) is 15.6 Å². The van der Waals surface area contributed by atoms with Gasteiger partial charge in [0.1, 0.15) is 0 Å². The summed E-state index contributed by atoms with van der Waals surface area (Å²) in [7, 11) is 0. The molecule has 0 fully saturated rings. The van der Waals surface area contributed by atoms with Crippen LogP contribution in [0.2, 0.25) is 0 Å². The fourth-order valence-electron chi connectivity index (χ4n) is 1.30. The fourth-order valence-corrected chi connectivity index (χ4v) is 2.21. The molecule has 4 nitrogen and oxygen atoms in total. The summed E-state index contributed by atoms with van der Waals surface area (Å²) in [6.45, 7) is 6.17. The zero-order valence-electron chi connectivity index (χ0n) is 8.63. The molecule has 0 bridgehead atoms. The van der Waals surface area contributed by atoms with Crippen molar-refractivity contribution in [3.63, 3.8) is 0 Å². The van der Waals surface area contributed by atoms with Crippen molar-refractivity contribution in [2.75, 3.05) is 6.54 Å². The highest BCUT2D eigenvalue weighted by atomic mass is 32.1. The Kier molecular flexibility index (Phi) is 3.60. The molecule has 1 heterocycles. The number of rotatable bonds is 4. The van der Waals surface area contributed by atoms with Crippen LogP contribution in [0.1, 0.15) is 28.5 Å². The van der Waals surface area contributed by atoms with Gasteiger partial charge in [-0.25, -0.2) is 4.98 Å². The van der Waals surface area contributed by atoms with Crippen molar-refractivity contribution in [2.24, 2.45) is 5.73 Å². The first-order valence-corrected chi connectivity index (χ1v) is 5.28. The average molecular weight is 213 g/mol. The van der Waals surface area contributed by atoms with Crippen LogP contribution in [-0.2, 0) is 4.79 Å². The van der Waals surface area contributed by atoms with Gasteiger partial charge in [-0.05, 0) is 20.8 Å². The van der Waals surface area contributed by atoms with Crippen molar-refractivity contribution in [2.45, 2.75) is 26.8 Å². The van der Waals surface area contributed by atoms with E-state index in [0.29, 0.717) is 0 Å². The van der Waals surface area contributed by atoms with Crippen LogP contribution in [0, 0.1) is 13.8 Å². The number of nitrogens with one attached hydrogen (secondary N) is 1. The van der Waals surface area contributed by atoms with Gasteiger partial charge in [0.25, 0.3) is 0 Å². The lowest BCUT2D eigenvalue weighted by Crippen LogP contribution is -2.30. The van der Waals surface area contributed by atoms with Gasteiger partial charge >= 0.3 is 0 Å². The third-order valence-corrected chi connectivity index (χ3v) is 2.83. The molecular formula is C9H15N3OS. The quantitative estimate of drug-likeness (QED) is 0.780. The van der Waals surface area contributed by atoms with Crippen LogP contribution in [0.5, 0.6) is 0 Å². The van der Waals surface area contributed by atoms with E-state index in [1.165, 1.54) is 4.88 Å². The van der Waals surface area contributed by atoms with E-state index in [9.17, 15) is 4.79 Å². The lowest BCUT2D eigenvalue weighted by atomic mass is 10.2. The van der Waals surface area contributed by atoms with Gasteiger partial charge in [0, 0.05) is 10.9 Å². The molecule has 1 aromatic rings. The number of nitrogens with zero attached hydrogens (tertiary/aromatic N) is 1. The summed E-state index contributed by atoms with van der Waals surface area (Å²) in [6, 6.07) is 0.0763. The first-order valence-electron chi connectivity index (χ1n) is 4.46. The van der Waals surface area contributed by atoms with Crippen molar-refractivity contribution in [3.8, 4) is 0 Å². The molecule has 5 heteroatoms. The lowest BCUT2D eigenvalue weighted by molar-refractivity contribution is -0.117. The summed E-state index contributed by atoms with van der Waals surface area (Å²) in [5.41, 5.74) is 6.05. The number of amides is 1. The van der Waals surface area contributed by atoms with Gasteiger partial charge in [-0.2, -0.15) is 0 Å². The van der Waals surface area contributed by atoms with Crippen molar-refractivity contribution in [1.82, 2.24) is 10.3 Å². The summed E-state index contributed by atoms with van der Waals surface area (Å²) in [4.78, 5) is 16.1. The van der Waals surface area contributed by atoms with Crippen LogP contribution in [0.3, 0.4) is 0 Å². The molecular weight excluding hydrogens is 198 g/mol. The van der Waals surface area contributed by atoms with Crippen LogP contribution in [-0.4, -0.2) is 17.4 Å². The molecule has 1 atom stereocenters. The monoisotopic (exact) mass is 213 g/mol. The highest BCUT2D eigenvalue weighted by Crippen LogP contribution is 2.21. The maximum absolute atomic E-state index is 10.6. The maximum Gasteiger partial charge on any atom is 0.231 e. The van der Waals surface area contributed by atoms with E-state index in [1.54, 1.807) is 11.3 Å². The van der Waals surface area contributed by atoms with E-state index in [-0.39, 0.29) is 18.5 Å². The Morgan fingerprint density at radius 2 is 2.29 bits per heavy atom. The van der Waals surface area contributed by atoms with E-state index < -0.39 is 0 Å². The molecule has 0 aliphatic heterocycles. The molecule has 0 radical (unpaired) electrons. The number of aromatic nitrogens is 1. The second-order valence-corrected chi connectivity index (χ2v) is 4.65. The molecule has 0 aliphatic rings. The van der Waals surface area contributed by atoms with Gasteiger partial charge < -0.3 is 11.1 Å². The Morgan fingerprint density at radius 3 is 2.71 bits per heavy atom. The van der Waals surface area contributed by atoms with Crippen LogP contribution in [0.25, 0.3) is 0 Å². The number of primary amides is 1. The predicted molar refractivity (Wildman–Crippen MR) is 57.2 cm³/mol. The topological polar surface area (TPSA) is 68.0 Å². The molecule has 1 amide bonds. The molecule has 1 aromatic heterocycles. The molecule has 0 spiro atoms. The summed E-state index contributed by atoms with van der Waals surface area (Å²) >= 11 is 1.66. The Bertz CT molecular complexity index is 335. The molecule has 0 aromatic carbocycles. The highest BCUT2D eigenvalue weighted by Gasteiger charge is 2.12. The third-order valence-electron chi connectivity index (χ3n) is 1.93. The normalized spacial score (nSPS) is 12.8. The van der Waals surface area contributed by atoms with Gasteiger partial charge in [-0.3, -0.25) is 4.79 Å². The first kappa shape index (κ1) is 11.1. The van der Waals surface area contributed by atoms with Gasteiger partial charge in [0.05, 0.1) is 17.2 Å². The summed E-state index contributed by atoms with van der Waals surface area (Å²) in [5, 5.41) is 4.07. The van der Waals surface area contributed by atoms with Gasteiger partial charge in [-0.1, -0.05) is 0 Å². The average Bonchev–Trinajstić information content (AvgIpc) is 2.41. The summed E-state index contributed by atoms with van der Waals surface area (Å²) in [5.74, 6) is -0.346. The Labute approximate surface area is 87.5 Å². The third kappa shape index (κ3) is 2.78. The molecule has 0 saturated heterocycles. The zero-order valence-corrected chi connectivity index (χ0v) is 9.44. The molecule has 1 unspecified atom stereocenters. The number of carbonyl (C=O) groups excluding carboxylic acids is 1. The van der Waals surface area contributed by atoms with E-state index >= 15 is 0 Å². The molecule has 78 valence electrons. The number of hydrogen-bond donors (Lipinski definition) is 2. The van der Waals surface area contributed by atoms with Gasteiger partial charge in [-0.15, -0.1) is 11.3 Å². The summed E-state index contributed by atoms with van der Waals surface area (Å²) < 4.78 is 0. The second-order valence-electron chi connectivity index (χ2n) is 3.24. The van der Waals surface area contributed by atoms with Crippen molar-refractivity contribution in [1.29, 1.82) is 0 Å². The van der Waals surface area contributed by atoms with E-state index in [0.717, 1.165) is 10.7 Å². The van der Waals surface area contributed by atoms with Gasteiger partial charge in [0.15, 0.2) is 0 Å². The number of aryl methyl sites for hydroxylation is 2. The molecule has 0 saturated carbocycles. The SMILES string of the molecule is Cc1nc(C(C)NCC(N)=O)c(C)s1. The minimum absolute atomic E-state index is 0.0763. The number of hydrogen-bond acceptors (Lipinski definition) is 4. The lowest BCUT2D eigenvalue weighted by Gasteiger charge is -2.10. The first-order chi connectivity index (χ1) is 6.50. The second kappa shape index (κ2) is 4.52. The van der Waals surface area contributed by atoms with E-state index in [4.69, 9.17) is 5.73 Å². The highest BCUT2D eigenvalue weighted by molar-refractivity contribution is 7.11.